The van der Waals surface area contributed by atoms with Gasteiger partial charge in [-0.15, -0.1) is 0 Å². The number of methoxy groups -OCH3 is 2. The molecule has 39 heavy (non-hydrogen) atoms. The lowest BCUT2D eigenvalue weighted by molar-refractivity contribution is 0.380. The molecule has 4 heterocycles. The molecule has 0 unspecified atom stereocenters. The standard InChI is InChI=1S/C26H23FN8O3S/c1-36-23-7-20-17(6-21(23)33-15-10-28-11-15)24(32-13-31-20)34-19-4-3-16(5-18(19)27)38-26-35-22(12-39-26)14-8-29-25(37-2)30-9-14/h3-9,12-13,15,28,33H,10-11H2,1-2H3,(H,31,32,34). The van der Waals surface area contributed by atoms with Gasteiger partial charge in [0.25, 0.3) is 5.19 Å². The highest BCUT2D eigenvalue weighted by Crippen LogP contribution is 2.35. The van der Waals surface area contributed by atoms with Crippen molar-refractivity contribution in [3.05, 3.63) is 60.3 Å². The third-order valence-electron chi connectivity index (χ3n) is 6.09. The topological polar surface area (TPSA) is 128 Å². The molecule has 0 bridgehead atoms. The molecule has 0 atom stereocenters. The van der Waals surface area contributed by atoms with Crippen molar-refractivity contribution in [2.45, 2.75) is 6.04 Å². The number of hydrogen-bond donors (Lipinski definition) is 3. The maximum absolute atomic E-state index is 15.1. The third-order valence-corrected chi connectivity index (χ3v) is 6.80. The summed E-state index contributed by atoms with van der Waals surface area (Å²) in [6.45, 7) is 1.74. The highest BCUT2D eigenvalue weighted by Gasteiger charge is 2.19. The van der Waals surface area contributed by atoms with Crippen LogP contribution in [0.3, 0.4) is 0 Å². The molecule has 1 fully saturated rings. The number of hydrogen-bond acceptors (Lipinski definition) is 12. The SMILES string of the molecule is COc1ncc(-c2csc(Oc3ccc(Nc4ncnc5cc(OC)c(NC6CNC6)cc45)c(F)c3)n2)cn1. The Morgan fingerprint density at radius 2 is 1.85 bits per heavy atom. The fourth-order valence-electron chi connectivity index (χ4n) is 3.96. The predicted molar refractivity (Wildman–Crippen MR) is 146 cm³/mol. The Morgan fingerprint density at radius 1 is 1.00 bits per heavy atom. The Hall–Kier alpha value is -4.62. The molecule has 5 aromatic rings. The van der Waals surface area contributed by atoms with E-state index in [1.807, 2.05) is 17.5 Å². The maximum atomic E-state index is 15.1. The van der Waals surface area contributed by atoms with Crippen molar-refractivity contribution in [2.75, 3.05) is 37.9 Å². The van der Waals surface area contributed by atoms with Gasteiger partial charge < -0.3 is 30.2 Å². The van der Waals surface area contributed by atoms with E-state index in [0.717, 1.165) is 24.2 Å². The molecule has 1 aliphatic heterocycles. The van der Waals surface area contributed by atoms with Crippen LogP contribution in [0.25, 0.3) is 22.2 Å². The second-order valence-electron chi connectivity index (χ2n) is 8.62. The zero-order valence-electron chi connectivity index (χ0n) is 20.9. The normalized spacial score (nSPS) is 13.1. The number of nitrogens with one attached hydrogen (secondary N) is 3. The molecule has 2 aromatic carbocycles. The van der Waals surface area contributed by atoms with Gasteiger partial charge in [-0.05, 0) is 18.2 Å². The summed E-state index contributed by atoms with van der Waals surface area (Å²) in [5, 5.41) is 12.7. The van der Waals surface area contributed by atoms with Gasteiger partial charge in [-0.2, -0.15) is 0 Å². The molecule has 0 aliphatic carbocycles. The number of ether oxygens (including phenoxy) is 3. The van der Waals surface area contributed by atoms with E-state index in [0.29, 0.717) is 45.3 Å². The number of aromatic nitrogens is 5. The first kappa shape index (κ1) is 24.7. The van der Waals surface area contributed by atoms with Crippen molar-refractivity contribution >= 4 is 39.4 Å². The van der Waals surface area contributed by atoms with Crippen molar-refractivity contribution in [3.63, 3.8) is 0 Å². The van der Waals surface area contributed by atoms with Crippen LogP contribution in [-0.4, -0.2) is 58.3 Å². The zero-order valence-corrected chi connectivity index (χ0v) is 21.8. The Morgan fingerprint density at radius 3 is 2.56 bits per heavy atom. The van der Waals surface area contributed by atoms with Crippen molar-refractivity contribution in [3.8, 4) is 34.0 Å². The van der Waals surface area contributed by atoms with E-state index in [1.54, 1.807) is 31.6 Å². The lowest BCUT2D eigenvalue weighted by Crippen LogP contribution is -2.51. The van der Waals surface area contributed by atoms with E-state index in [2.05, 4.69) is 40.9 Å². The number of thiazole rings is 1. The fourth-order valence-corrected chi connectivity index (χ4v) is 4.65. The average molecular weight is 547 g/mol. The van der Waals surface area contributed by atoms with Gasteiger partial charge >= 0.3 is 6.01 Å². The third kappa shape index (κ3) is 5.22. The van der Waals surface area contributed by atoms with E-state index < -0.39 is 5.82 Å². The van der Waals surface area contributed by atoms with Gasteiger partial charge in [0.05, 0.1) is 42.8 Å². The molecule has 0 radical (unpaired) electrons. The summed E-state index contributed by atoms with van der Waals surface area (Å²) in [5.74, 6) is 0.947. The molecule has 13 heteroatoms. The van der Waals surface area contributed by atoms with Crippen LogP contribution in [0.5, 0.6) is 22.7 Å². The van der Waals surface area contributed by atoms with Crippen molar-refractivity contribution in [1.29, 1.82) is 0 Å². The Labute approximate surface area is 226 Å². The van der Waals surface area contributed by atoms with Crippen molar-refractivity contribution in [1.82, 2.24) is 30.2 Å². The number of halogens is 1. The number of benzene rings is 2. The second kappa shape index (κ2) is 10.6. The predicted octanol–water partition coefficient (Wildman–Crippen LogP) is 4.62. The lowest BCUT2D eigenvalue weighted by Gasteiger charge is -2.29. The van der Waals surface area contributed by atoms with Crippen LogP contribution in [0.15, 0.2) is 54.4 Å². The summed E-state index contributed by atoms with van der Waals surface area (Å²) in [7, 11) is 3.12. The van der Waals surface area contributed by atoms with Gasteiger partial charge in [0, 0.05) is 53.9 Å². The molecular weight excluding hydrogens is 523 g/mol. The minimum atomic E-state index is -0.507. The molecule has 6 rings (SSSR count). The number of anilines is 3. The van der Waals surface area contributed by atoms with Gasteiger partial charge in [-0.1, -0.05) is 11.3 Å². The number of rotatable bonds is 9. The van der Waals surface area contributed by atoms with Gasteiger partial charge in [0.15, 0.2) is 0 Å². The fraction of sp³-hybridized carbons (Fsp3) is 0.192. The van der Waals surface area contributed by atoms with E-state index in [4.69, 9.17) is 14.2 Å². The van der Waals surface area contributed by atoms with Crippen molar-refractivity contribution in [2.24, 2.45) is 0 Å². The van der Waals surface area contributed by atoms with E-state index >= 15 is 4.39 Å². The maximum Gasteiger partial charge on any atom is 0.316 e. The first-order chi connectivity index (χ1) is 19.1. The first-order valence-corrected chi connectivity index (χ1v) is 12.8. The van der Waals surface area contributed by atoms with Crippen LogP contribution in [0.2, 0.25) is 0 Å². The summed E-state index contributed by atoms with van der Waals surface area (Å²) in [6.07, 6.45) is 4.65. The average Bonchev–Trinajstić information content (AvgIpc) is 3.40. The van der Waals surface area contributed by atoms with Gasteiger partial charge in [0.1, 0.15) is 29.5 Å². The van der Waals surface area contributed by atoms with E-state index in [9.17, 15) is 0 Å². The summed E-state index contributed by atoms with van der Waals surface area (Å²) >= 11 is 1.28. The molecular formula is C26H23FN8O3S. The van der Waals surface area contributed by atoms with Crippen LogP contribution >= 0.6 is 11.3 Å². The van der Waals surface area contributed by atoms with Crippen LogP contribution < -0.4 is 30.2 Å². The van der Waals surface area contributed by atoms with Crippen LogP contribution in [0.4, 0.5) is 21.6 Å². The molecule has 1 aliphatic rings. The first-order valence-electron chi connectivity index (χ1n) is 12.0. The molecule has 0 amide bonds. The van der Waals surface area contributed by atoms with E-state index in [1.165, 1.54) is 30.8 Å². The summed E-state index contributed by atoms with van der Waals surface area (Å²) in [6, 6.07) is 8.87. The molecule has 3 N–H and O–H groups in total. The molecule has 0 spiro atoms. The quantitative estimate of drug-likeness (QED) is 0.240. The largest absolute Gasteiger partial charge is 0.495 e. The van der Waals surface area contributed by atoms with Crippen LogP contribution in [0, 0.1) is 5.82 Å². The Balaban J connectivity index is 1.20. The smallest absolute Gasteiger partial charge is 0.316 e. The van der Waals surface area contributed by atoms with Gasteiger partial charge in [-0.3, -0.25) is 0 Å². The molecule has 198 valence electrons. The zero-order chi connectivity index (χ0) is 26.8. The number of nitrogens with zero attached hydrogens (tertiary/aromatic N) is 5. The van der Waals surface area contributed by atoms with E-state index in [-0.39, 0.29) is 11.7 Å². The van der Waals surface area contributed by atoms with Crippen LogP contribution in [-0.2, 0) is 0 Å². The summed E-state index contributed by atoms with van der Waals surface area (Å²) in [4.78, 5) is 21.3. The highest BCUT2D eigenvalue weighted by molar-refractivity contribution is 7.11. The van der Waals surface area contributed by atoms with Gasteiger partial charge in [-0.25, -0.2) is 29.3 Å². The lowest BCUT2D eigenvalue weighted by atomic mass is 10.1. The molecule has 11 nitrogen and oxygen atoms in total. The van der Waals surface area contributed by atoms with Crippen LogP contribution in [0.1, 0.15) is 0 Å². The molecule has 0 saturated carbocycles. The summed E-state index contributed by atoms with van der Waals surface area (Å²) < 4.78 is 31.5. The Bertz CT molecular complexity index is 1630. The second-order valence-corrected chi connectivity index (χ2v) is 9.44. The Kier molecular flexibility index (Phi) is 6.73. The molecule has 3 aromatic heterocycles. The number of fused-ring (bicyclic) bond motifs is 1. The van der Waals surface area contributed by atoms with Gasteiger partial charge in [0.2, 0.25) is 0 Å². The minimum Gasteiger partial charge on any atom is -0.495 e. The summed E-state index contributed by atoms with van der Waals surface area (Å²) in [5.41, 5.74) is 3.09. The minimum absolute atomic E-state index is 0.242. The monoisotopic (exact) mass is 546 g/mol. The van der Waals surface area contributed by atoms with Crippen molar-refractivity contribution < 1.29 is 18.6 Å². The molecule has 1 saturated heterocycles. The highest BCUT2D eigenvalue weighted by atomic mass is 32.1.